The molecule has 0 amide bonds. The molecule has 0 aromatic heterocycles. The number of aliphatic imine (C=N–C) groups is 2. The first-order valence-electron chi connectivity index (χ1n) is 5.90. The van der Waals surface area contributed by atoms with Gasteiger partial charge in [0.1, 0.15) is 5.71 Å². The lowest BCUT2D eigenvalue weighted by atomic mass is 10.0. The highest BCUT2D eigenvalue weighted by Gasteiger charge is 2.24. The number of aliphatic carboxylic acids is 2. The normalized spacial score (nSPS) is 15.2. The van der Waals surface area contributed by atoms with Gasteiger partial charge < -0.3 is 10.2 Å². The Balaban J connectivity index is 2.33. The van der Waals surface area contributed by atoms with Gasteiger partial charge in [-0.1, -0.05) is 0 Å². The maximum atomic E-state index is 11.1. The summed E-state index contributed by atoms with van der Waals surface area (Å²) >= 11 is 0. The molecule has 0 saturated heterocycles. The lowest BCUT2D eigenvalue weighted by molar-refractivity contribution is -0.130. The standard InChI is InChI=1S/C14H10N2O4/c1-5-10-6(2)12(14(19)20)15-8(10)3-7-4-9(13(17)18)16-11(5)7/h3-4H,1-2H3,(H,17,18)(H,19,20). The first-order chi connectivity index (χ1) is 9.40. The summed E-state index contributed by atoms with van der Waals surface area (Å²) < 4.78 is 0. The number of nitrogens with zero attached hydrogens (tertiary/aromatic N) is 2. The molecule has 100 valence electrons. The van der Waals surface area contributed by atoms with Gasteiger partial charge in [-0.05, 0) is 37.1 Å². The third kappa shape index (κ3) is 1.51. The molecule has 0 bridgehead atoms. The molecule has 0 unspecified atom stereocenters. The van der Waals surface area contributed by atoms with Crippen LogP contribution in [0.4, 0.5) is 11.4 Å². The Bertz CT molecular complexity index is 875. The second kappa shape index (κ2) is 3.86. The monoisotopic (exact) mass is 270 g/mol. The zero-order valence-electron chi connectivity index (χ0n) is 10.8. The SMILES string of the molecule is CC1=c2c(cc3c(c2C)N=C(C(=O)O)C=3)N=C1C(=O)O. The third-order valence-corrected chi connectivity index (χ3v) is 3.46. The number of carboxylic acid groups (broad SMARTS) is 2. The zero-order chi connectivity index (χ0) is 14.6. The summed E-state index contributed by atoms with van der Waals surface area (Å²) in [5.41, 5.74) is 2.45. The predicted molar refractivity (Wildman–Crippen MR) is 73.4 cm³/mol. The molecule has 20 heavy (non-hydrogen) atoms. The van der Waals surface area contributed by atoms with Crippen molar-refractivity contribution >= 4 is 46.4 Å². The molecule has 0 atom stereocenters. The molecule has 2 aliphatic rings. The van der Waals surface area contributed by atoms with E-state index < -0.39 is 11.9 Å². The van der Waals surface area contributed by atoms with E-state index in [9.17, 15) is 9.59 Å². The van der Waals surface area contributed by atoms with Gasteiger partial charge in [0.2, 0.25) is 0 Å². The molecule has 3 rings (SSSR count). The van der Waals surface area contributed by atoms with Gasteiger partial charge in [-0.3, -0.25) is 0 Å². The van der Waals surface area contributed by atoms with E-state index in [4.69, 9.17) is 10.2 Å². The van der Waals surface area contributed by atoms with Crippen molar-refractivity contribution in [2.24, 2.45) is 9.98 Å². The molecule has 6 heteroatoms. The van der Waals surface area contributed by atoms with Crippen LogP contribution < -0.4 is 10.4 Å². The Morgan fingerprint density at radius 2 is 1.80 bits per heavy atom. The first-order valence-corrected chi connectivity index (χ1v) is 5.90. The Morgan fingerprint density at radius 3 is 2.40 bits per heavy atom. The van der Waals surface area contributed by atoms with Crippen molar-refractivity contribution in [1.29, 1.82) is 0 Å². The Labute approximate surface area is 113 Å². The second-order valence-electron chi connectivity index (χ2n) is 4.67. The number of hydrogen-bond acceptors (Lipinski definition) is 4. The fourth-order valence-corrected chi connectivity index (χ4v) is 2.58. The van der Waals surface area contributed by atoms with E-state index in [1.165, 1.54) is 6.08 Å². The summed E-state index contributed by atoms with van der Waals surface area (Å²) in [5.74, 6) is -2.16. The van der Waals surface area contributed by atoms with Crippen molar-refractivity contribution in [2.45, 2.75) is 13.8 Å². The average molecular weight is 270 g/mol. The number of benzene rings is 1. The van der Waals surface area contributed by atoms with Gasteiger partial charge in [-0.25, -0.2) is 19.6 Å². The van der Waals surface area contributed by atoms with Crippen molar-refractivity contribution in [2.75, 3.05) is 0 Å². The molecule has 0 spiro atoms. The van der Waals surface area contributed by atoms with Crippen molar-refractivity contribution in [1.82, 2.24) is 0 Å². The lowest BCUT2D eigenvalue weighted by Gasteiger charge is -2.01. The molecule has 6 nitrogen and oxygen atoms in total. The minimum atomic E-state index is -1.09. The first kappa shape index (κ1) is 12.3. The van der Waals surface area contributed by atoms with Crippen LogP contribution in [0.2, 0.25) is 0 Å². The van der Waals surface area contributed by atoms with Crippen LogP contribution in [0.3, 0.4) is 0 Å². The molecule has 2 N–H and O–H groups in total. The van der Waals surface area contributed by atoms with Gasteiger partial charge >= 0.3 is 11.9 Å². The highest BCUT2D eigenvalue weighted by Crippen LogP contribution is 2.23. The number of carbonyl (C=O) groups is 2. The minimum absolute atomic E-state index is 0.0214. The lowest BCUT2D eigenvalue weighted by Crippen LogP contribution is -2.17. The van der Waals surface area contributed by atoms with Crippen molar-refractivity contribution in [3.05, 3.63) is 22.1 Å². The summed E-state index contributed by atoms with van der Waals surface area (Å²) in [6.45, 7) is 3.49. The van der Waals surface area contributed by atoms with E-state index in [1.807, 2.05) is 0 Å². The third-order valence-electron chi connectivity index (χ3n) is 3.46. The van der Waals surface area contributed by atoms with Crippen LogP contribution in [0, 0.1) is 6.92 Å². The summed E-state index contributed by atoms with van der Waals surface area (Å²) in [7, 11) is 0. The number of hydrogen-bond donors (Lipinski definition) is 2. The number of rotatable bonds is 2. The predicted octanol–water partition coefficient (Wildman–Crippen LogP) is 0.288. The highest BCUT2D eigenvalue weighted by atomic mass is 16.4. The van der Waals surface area contributed by atoms with Crippen LogP contribution in [-0.2, 0) is 9.59 Å². The molecule has 2 heterocycles. The van der Waals surface area contributed by atoms with Crippen molar-refractivity contribution in [3.8, 4) is 0 Å². The van der Waals surface area contributed by atoms with E-state index in [-0.39, 0.29) is 11.4 Å². The van der Waals surface area contributed by atoms with Crippen LogP contribution in [0.5, 0.6) is 0 Å². The van der Waals surface area contributed by atoms with E-state index in [0.29, 0.717) is 22.2 Å². The Morgan fingerprint density at radius 1 is 1.10 bits per heavy atom. The Kier molecular flexibility index (Phi) is 2.37. The van der Waals surface area contributed by atoms with Gasteiger partial charge in [-0.2, -0.15) is 0 Å². The number of carboxylic acids is 2. The van der Waals surface area contributed by atoms with Crippen LogP contribution in [0.15, 0.2) is 16.1 Å². The molecular formula is C14H10N2O4. The maximum Gasteiger partial charge on any atom is 0.354 e. The summed E-state index contributed by atoms with van der Waals surface area (Å²) in [6, 6.07) is 1.68. The average Bonchev–Trinajstić information content (AvgIpc) is 2.92. The van der Waals surface area contributed by atoms with E-state index in [2.05, 4.69) is 9.98 Å². The van der Waals surface area contributed by atoms with Crippen LogP contribution >= 0.6 is 0 Å². The van der Waals surface area contributed by atoms with Gasteiger partial charge in [0, 0.05) is 10.4 Å². The molecule has 2 aliphatic heterocycles. The van der Waals surface area contributed by atoms with Gasteiger partial charge in [0.15, 0.2) is 5.71 Å². The van der Waals surface area contributed by atoms with Crippen molar-refractivity contribution in [3.63, 3.8) is 0 Å². The van der Waals surface area contributed by atoms with Crippen LogP contribution in [-0.4, -0.2) is 33.6 Å². The van der Waals surface area contributed by atoms with E-state index >= 15 is 0 Å². The van der Waals surface area contributed by atoms with Gasteiger partial charge in [-0.15, -0.1) is 0 Å². The fourth-order valence-electron chi connectivity index (χ4n) is 2.58. The molecule has 1 aromatic rings. The van der Waals surface area contributed by atoms with E-state index in [1.54, 1.807) is 19.9 Å². The smallest absolute Gasteiger partial charge is 0.354 e. The highest BCUT2D eigenvalue weighted by molar-refractivity contribution is 6.53. The molecule has 0 saturated carbocycles. The quantitative estimate of drug-likeness (QED) is 0.806. The van der Waals surface area contributed by atoms with Crippen molar-refractivity contribution < 1.29 is 19.8 Å². The number of fused-ring (bicyclic) bond motifs is 2. The van der Waals surface area contributed by atoms with Crippen LogP contribution in [0.1, 0.15) is 12.5 Å². The Hall–Kier alpha value is -2.76. The summed E-state index contributed by atoms with van der Waals surface area (Å²) in [5, 5.41) is 19.5. The van der Waals surface area contributed by atoms with Gasteiger partial charge in [0.25, 0.3) is 0 Å². The molecule has 1 aromatic carbocycles. The molecule has 0 fully saturated rings. The molecular weight excluding hydrogens is 260 g/mol. The van der Waals surface area contributed by atoms with Gasteiger partial charge in [0.05, 0.1) is 11.4 Å². The topological polar surface area (TPSA) is 99.3 Å². The molecule has 0 radical (unpaired) electrons. The molecule has 0 aliphatic carbocycles. The summed E-state index contributed by atoms with van der Waals surface area (Å²) in [4.78, 5) is 30.3. The summed E-state index contributed by atoms with van der Waals surface area (Å²) in [6.07, 6.45) is 1.47. The van der Waals surface area contributed by atoms with E-state index in [0.717, 1.165) is 10.8 Å². The second-order valence-corrected chi connectivity index (χ2v) is 4.67. The zero-order valence-corrected chi connectivity index (χ0v) is 10.8. The maximum absolute atomic E-state index is 11.1. The van der Waals surface area contributed by atoms with Crippen LogP contribution in [0.25, 0.3) is 11.6 Å². The fraction of sp³-hybridized carbons (Fsp3) is 0.143. The largest absolute Gasteiger partial charge is 0.477 e. The minimum Gasteiger partial charge on any atom is -0.477 e.